The predicted molar refractivity (Wildman–Crippen MR) is 138 cm³/mol. The Balaban J connectivity index is 1.30. The predicted octanol–water partition coefficient (Wildman–Crippen LogP) is 2.12. The Labute approximate surface area is 224 Å². The number of benzene rings is 1. The Hall–Kier alpha value is -4.16. The fourth-order valence-electron chi connectivity index (χ4n) is 5.60. The van der Waals surface area contributed by atoms with E-state index in [-0.39, 0.29) is 24.8 Å². The molecule has 204 valence electrons. The molecule has 0 saturated carbocycles. The van der Waals surface area contributed by atoms with Crippen LogP contribution in [0.15, 0.2) is 40.8 Å². The van der Waals surface area contributed by atoms with E-state index in [1.165, 1.54) is 12.0 Å². The van der Waals surface area contributed by atoms with E-state index >= 15 is 0 Å². The largest absolute Gasteiger partial charge is 0.497 e. The van der Waals surface area contributed by atoms with Crippen molar-refractivity contribution in [3.8, 4) is 5.75 Å². The fraction of sp³-hybridized carbons (Fsp3) is 0.407. The minimum absolute atomic E-state index is 0.116. The van der Waals surface area contributed by atoms with Gasteiger partial charge in [-0.3, -0.25) is 14.9 Å². The lowest BCUT2D eigenvalue weighted by molar-refractivity contribution is -0.216. The number of rotatable bonds is 7. The summed E-state index contributed by atoms with van der Waals surface area (Å²) in [4.78, 5) is 47.2. The molecular weight excluding hydrogens is 506 g/mol. The van der Waals surface area contributed by atoms with E-state index < -0.39 is 23.3 Å². The summed E-state index contributed by atoms with van der Waals surface area (Å²) in [6.45, 7) is 1.55. The van der Waals surface area contributed by atoms with Crippen molar-refractivity contribution in [3.05, 3.63) is 53.3 Å². The second-order valence-corrected chi connectivity index (χ2v) is 9.97. The van der Waals surface area contributed by atoms with Crippen molar-refractivity contribution < 1.29 is 33.0 Å². The van der Waals surface area contributed by atoms with E-state index in [1.807, 2.05) is 12.1 Å². The third-order valence-corrected chi connectivity index (χ3v) is 7.94. The van der Waals surface area contributed by atoms with Gasteiger partial charge in [-0.15, -0.1) is 0 Å². The van der Waals surface area contributed by atoms with Gasteiger partial charge in [-0.25, -0.2) is 9.78 Å². The molecule has 39 heavy (non-hydrogen) atoms. The zero-order valence-electron chi connectivity index (χ0n) is 21.9. The number of methoxy groups -OCH3 is 3. The van der Waals surface area contributed by atoms with Crippen LogP contribution in [0.2, 0.25) is 0 Å². The van der Waals surface area contributed by atoms with Gasteiger partial charge in [0, 0.05) is 58.3 Å². The van der Waals surface area contributed by atoms with Gasteiger partial charge in [0.15, 0.2) is 16.9 Å². The zero-order valence-corrected chi connectivity index (χ0v) is 21.9. The van der Waals surface area contributed by atoms with Gasteiger partial charge in [-0.05, 0) is 29.8 Å². The molecule has 0 radical (unpaired) electrons. The van der Waals surface area contributed by atoms with Crippen molar-refractivity contribution >= 4 is 34.8 Å². The highest BCUT2D eigenvalue weighted by molar-refractivity contribution is 6.08. The maximum Gasteiger partial charge on any atom is 0.322 e. The molecule has 0 bridgehead atoms. The van der Waals surface area contributed by atoms with E-state index in [0.29, 0.717) is 48.3 Å². The number of nitrogens with zero attached hydrogens (tertiary/aromatic N) is 3. The molecule has 3 aliphatic heterocycles. The summed E-state index contributed by atoms with van der Waals surface area (Å²) in [5.74, 6) is 0.0592. The van der Waals surface area contributed by atoms with Crippen molar-refractivity contribution in [2.24, 2.45) is 0 Å². The molecule has 3 aliphatic rings. The normalized spacial score (nSPS) is 22.3. The molecule has 5 heterocycles. The van der Waals surface area contributed by atoms with E-state index in [1.54, 1.807) is 38.5 Å². The van der Waals surface area contributed by atoms with Crippen LogP contribution in [0.1, 0.15) is 34.5 Å². The SMILES string of the molecule is COc1ccc2c(c1)C(=O)N(C[C@@]1(c3cc4nc(N5CCC(OC)(OC)CC5)ccc4o3)NC(=O)NC1=O)C2. The van der Waals surface area contributed by atoms with Crippen LogP contribution in [0.4, 0.5) is 10.6 Å². The molecule has 6 rings (SSSR count). The molecule has 2 fully saturated rings. The number of aromatic nitrogens is 1. The van der Waals surface area contributed by atoms with E-state index in [2.05, 4.69) is 15.5 Å². The van der Waals surface area contributed by atoms with E-state index in [0.717, 1.165) is 11.4 Å². The van der Waals surface area contributed by atoms with Crippen molar-refractivity contribution in [3.63, 3.8) is 0 Å². The van der Waals surface area contributed by atoms with E-state index in [9.17, 15) is 14.4 Å². The summed E-state index contributed by atoms with van der Waals surface area (Å²) < 4.78 is 22.5. The van der Waals surface area contributed by atoms with Gasteiger partial charge in [-0.2, -0.15) is 0 Å². The molecule has 3 aromatic rings. The molecule has 0 aliphatic carbocycles. The van der Waals surface area contributed by atoms with Crippen LogP contribution >= 0.6 is 0 Å². The number of anilines is 1. The van der Waals surface area contributed by atoms with Crippen LogP contribution in [-0.4, -0.2) is 74.5 Å². The van der Waals surface area contributed by atoms with Crippen molar-refractivity contribution in [2.75, 3.05) is 45.9 Å². The first-order chi connectivity index (χ1) is 18.8. The number of fused-ring (bicyclic) bond motifs is 2. The Bertz CT molecular complexity index is 1470. The standard InChI is InChI=1S/C27H29N5O7/c1-36-17-5-4-16-14-32(23(33)18(16)12-17)15-27(24(34)29-25(35)30-27)21-13-19-20(39-21)6-7-22(28-19)31-10-8-26(37-2,38-3)9-11-31/h4-7,12-13H,8-11,14-15H2,1-3H3,(H2,29,30,34,35)/t27-/m0/s1. The quantitative estimate of drug-likeness (QED) is 0.344. The number of urea groups is 1. The number of ether oxygens (including phenoxy) is 3. The molecular formula is C27H29N5O7. The Morgan fingerprint density at radius 3 is 2.46 bits per heavy atom. The number of imide groups is 1. The van der Waals surface area contributed by atoms with Crippen LogP contribution in [0, 0.1) is 0 Å². The second kappa shape index (κ2) is 9.24. The smallest absolute Gasteiger partial charge is 0.322 e. The summed E-state index contributed by atoms with van der Waals surface area (Å²) in [5.41, 5.74) is 0.693. The number of hydrogen-bond donors (Lipinski definition) is 2. The third-order valence-electron chi connectivity index (χ3n) is 7.94. The molecule has 12 nitrogen and oxygen atoms in total. The van der Waals surface area contributed by atoms with E-state index in [4.69, 9.17) is 23.6 Å². The number of carbonyl (C=O) groups is 3. The minimum Gasteiger partial charge on any atom is -0.497 e. The lowest BCUT2D eigenvalue weighted by atomic mass is 9.95. The van der Waals surface area contributed by atoms with Gasteiger partial charge in [0.2, 0.25) is 0 Å². The summed E-state index contributed by atoms with van der Waals surface area (Å²) in [6, 6.07) is 9.92. The molecule has 2 aromatic heterocycles. The highest BCUT2D eigenvalue weighted by atomic mass is 16.7. The fourth-order valence-corrected chi connectivity index (χ4v) is 5.60. The molecule has 1 aromatic carbocycles. The average molecular weight is 536 g/mol. The maximum absolute atomic E-state index is 13.3. The van der Waals surface area contributed by atoms with Crippen molar-refractivity contribution in [1.82, 2.24) is 20.5 Å². The number of nitrogens with one attached hydrogen (secondary N) is 2. The first kappa shape index (κ1) is 25.1. The number of hydrogen-bond acceptors (Lipinski definition) is 9. The monoisotopic (exact) mass is 535 g/mol. The number of pyridine rings is 1. The number of amides is 4. The maximum atomic E-state index is 13.3. The summed E-state index contributed by atoms with van der Waals surface area (Å²) in [7, 11) is 4.83. The number of furan rings is 1. The summed E-state index contributed by atoms with van der Waals surface area (Å²) in [6.07, 6.45) is 1.37. The number of piperidine rings is 1. The van der Waals surface area contributed by atoms with Crippen LogP contribution < -0.4 is 20.3 Å². The second-order valence-electron chi connectivity index (χ2n) is 9.97. The highest BCUT2D eigenvalue weighted by Gasteiger charge is 2.53. The molecule has 0 spiro atoms. The molecule has 12 heteroatoms. The minimum atomic E-state index is -1.61. The zero-order chi connectivity index (χ0) is 27.4. The lowest BCUT2D eigenvalue weighted by Crippen LogP contribution is -2.52. The third kappa shape index (κ3) is 4.07. The first-order valence-corrected chi connectivity index (χ1v) is 12.7. The van der Waals surface area contributed by atoms with Gasteiger partial charge in [0.05, 0.1) is 13.7 Å². The Kier molecular flexibility index (Phi) is 5.96. The topological polar surface area (TPSA) is 135 Å². The van der Waals surface area contributed by atoms with Gasteiger partial charge < -0.3 is 33.7 Å². The molecule has 0 unspecified atom stereocenters. The van der Waals surface area contributed by atoms with Crippen LogP contribution in [0.3, 0.4) is 0 Å². The van der Waals surface area contributed by atoms with Crippen molar-refractivity contribution in [2.45, 2.75) is 30.7 Å². The first-order valence-electron chi connectivity index (χ1n) is 12.7. The summed E-state index contributed by atoms with van der Waals surface area (Å²) >= 11 is 0. The molecule has 2 N–H and O–H groups in total. The van der Waals surface area contributed by atoms with Gasteiger partial charge in [0.25, 0.3) is 11.8 Å². The molecule has 2 saturated heterocycles. The van der Waals surface area contributed by atoms with Crippen LogP contribution in [0.25, 0.3) is 11.1 Å². The summed E-state index contributed by atoms with van der Waals surface area (Å²) in [5, 5.41) is 5.01. The Morgan fingerprint density at radius 2 is 1.79 bits per heavy atom. The van der Waals surface area contributed by atoms with Gasteiger partial charge in [-0.1, -0.05) is 6.07 Å². The average Bonchev–Trinajstić information content (AvgIpc) is 3.61. The molecule has 4 amide bonds. The number of carbonyl (C=O) groups excluding carboxylic acids is 3. The Morgan fingerprint density at radius 1 is 1.03 bits per heavy atom. The van der Waals surface area contributed by atoms with Crippen LogP contribution in [0.5, 0.6) is 5.75 Å². The highest BCUT2D eigenvalue weighted by Crippen LogP contribution is 2.36. The van der Waals surface area contributed by atoms with Gasteiger partial charge in [0.1, 0.15) is 22.8 Å². The van der Waals surface area contributed by atoms with Gasteiger partial charge >= 0.3 is 6.03 Å². The lowest BCUT2D eigenvalue weighted by Gasteiger charge is -2.40. The van der Waals surface area contributed by atoms with Crippen molar-refractivity contribution in [1.29, 1.82) is 0 Å². The van der Waals surface area contributed by atoms with Crippen LogP contribution in [-0.2, 0) is 26.4 Å². The molecule has 1 atom stereocenters.